The molecule has 4 nitrogen and oxygen atoms in total. The maximum absolute atomic E-state index is 10.1. The van der Waals surface area contributed by atoms with Gasteiger partial charge in [-0.1, -0.05) is 6.92 Å². The van der Waals surface area contributed by atoms with E-state index in [4.69, 9.17) is 0 Å². The van der Waals surface area contributed by atoms with E-state index >= 15 is 0 Å². The smallest absolute Gasteiger partial charge is 0.0791 e. The van der Waals surface area contributed by atoms with Crippen molar-refractivity contribution in [2.75, 3.05) is 26.2 Å². The molecule has 1 aromatic heterocycles. The van der Waals surface area contributed by atoms with Gasteiger partial charge in [-0.25, -0.2) is 0 Å². The number of aromatic nitrogens is 1. The van der Waals surface area contributed by atoms with Crippen molar-refractivity contribution in [2.24, 2.45) is 5.92 Å². The Hall–Kier alpha value is -0.970. The Morgan fingerprint density at radius 1 is 1.35 bits per heavy atom. The van der Waals surface area contributed by atoms with Gasteiger partial charge in [0, 0.05) is 31.5 Å². The number of hydrogen-bond acceptors (Lipinski definition) is 4. The molecule has 2 heterocycles. The van der Waals surface area contributed by atoms with Crippen molar-refractivity contribution in [3.05, 3.63) is 30.1 Å². The molecule has 0 aromatic carbocycles. The van der Waals surface area contributed by atoms with E-state index in [-0.39, 0.29) is 12.1 Å². The van der Waals surface area contributed by atoms with Crippen molar-refractivity contribution >= 4 is 0 Å². The fourth-order valence-electron chi connectivity index (χ4n) is 2.69. The van der Waals surface area contributed by atoms with Crippen molar-refractivity contribution in [2.45, 2.75) is 38.8 Å². The number of likely N-dealkylation sites (tertiary alicyclic amines) is 1. The Balaban J connectivity index is 1.68. The first-order valence-corrected chi connectivity index (χ1v) is 7.69. The monoisotopic (exact) mass is 277 g/mol. The van der Waals surface area contributed by atoms with E-state index in [2.05, 4.69) is 29.0 Å². The largest absolute Gasteiger partial charge is 0.390 e. The molecule has 0 radical (unpaired) electrons. The molecule has 0 amide bonds. The Morgan fingerprint density at radius 2 is 2.00 bits per heavy atom. The van der Waals surface area contributed by atoms with Crippen LogP contribution in [-0.4, -0.2) is 47.3 Å². The summed E-state index contributed by atoms with van der Waals surface area (Å²) in [6, 6.07) is 4.26. The number of pyridine rings is 1. The number of aliphatic hydroxyl groups excluding tert-OH is 1. The van der Waals surface area contributed by atoms with Crippen LogP contribution in [0.25, 0.3) is 0 Å². The van der Waals surface area contributed by atoms with E-state index in [9.17, 15) is 5.11 Å². The number of nitrogens with one attached hydrogen (secondary N) is 1. The van der Waals surface area contributed by atoms with Gasteiger partial charge in [0.2, 0.25) is 0 Å². The first kappa shape index (κ1) is 15.4. The van der Waals surface area contributed by atoms with E-state index in [1.807, 2.05) is 12.1 Å². The van der Waals surface area contributed by atoms with Gasteiger partial charge in [0.05, 0.1) is 6.10 Å². The summed E-state index contributed by atoms with van der Waals surface area (Å²) < 4.78 is 0. The summed E-state index contributed by atoms with van der Waals surface area (Å²) in [5.74, 6) is 0.841. The molecule has 1 fully saturated rings. The third kappa shape index (κ3) is 4.85. The molecular formula is C16H27N3O. The lowest BCUT2D eigenvalue weighted by atomic mass is 9.99. The molecule has 1 aliphatic heterocycles. The quantitative estimate of drug-likeness (QED) is 0.833. The van der Waals surface area contributed by atoms with Crippen molar-refractivity contribution in [3.8, 4) is 0 Å². The van der Waals surface area contributed by atoms with E-state index in [0.29, 0.717) is 6.54 Å². The summed E-state index contributed by atoms with van der Waals surface area (Å²) in [7, 11) is 0. The normalized spacial score (nSPS) is 20.8. The van der Waals surface area contributed by atoms with Gasteiger partial charge < -0.3 is 15.3 Å². The topological polar surface area (TPSA) is 48.4 Å². The highest BCUT2D eigenvalue weighted by Gasteiger charge is 2.18. The minimum atomic E-state index is -0.298. The van der Waals surface area contributed by atoms with Gasteiger partial charge in [-0.05, 0) is 56.5 Å². The average molecular weight is 277 g/mol. The van der Waals surface area contributed by atoms with Crippen LogP contribution in [0.3, 0.4) is 0 Å². The SMILES string of the molecule is CC1CCN(CC(O)CNC(C)c2ccncc2)CC1. The van der Waals surface area contributed by atoms with Crippen LogP contribution in [0.5, 0.6) is 0 Å². The molecule has 20 heavy (non-hydrogen) atoms. The molecule has 2 atom stereocenters. The number of hydrogen-bond donors (Lipinski definition) is 2. The molecule has 2 unspecified atom stereocenters. The van der Waals surface area contributed by atoms with Crippen LogP contribution in [0, 0.1) is 5.92 Å². The van der Waals surface area contributed by atoms with Crippen LogP contribution in [0.2, 0.25) is 0 Å². The molecule has 0 saturated carbocycles. The van der Waals surface area contributed by atoms with E-state index in [0.717, 1.165) is 25.6 Å². The molecule has 0 bridgehead atoms. The van der Waals surface area contributed by atoms with Crippen LogP contribution in [0.1, 0.15) is 38.3 Å². The highest BCUT2D eigenvalue weighted by Crippen LogP contribution is 2.16. The van der Waals surface area contributed by atoms with Crippen molar-refractivity contribution in [1.29, 1.82) is 0 Å². The van der Waals surface area contributed by atoms with E-state index in [1.165, 1.54) is 18.4 Å². The van der Waals surface area contributed by atoms with Crippen molar-refractivity contribution in [3.63, 3.8) is 0 Å². The van der Waals surface area contributed by atoms with Gasteiger partial charge >= 0.3 is 0 Å². The number of aliphatic hydroxyl groups is 1. The molecule has 2 N–H and O–H groups in total. The van der Waals surface area contributed by atoms with Crippen molar-refractivity contribution < 1.29 is 5.11 Å². The van der Waals surface area contributed by atoms with E-state index < -0.39 is 0 Å². The van der Waals surface area contributed by atoms with Gasteiger partial charge in [0.25, 0.3) is 0 Å². The van der Waals surface area contributed by atoms with Gasteiger partial charge in [-0.3, -0.25) is 4.98 Å². The molecular weight excluding hydrogens is 250 g/mol. The highest BCUT2D eigenvalue weighted by molar-refractivity contribution is 5.13. The standard InChI is InChI=1S/C16H27N3O/c1-13-5-9-19(10-6-13)12-16(20)11-18-14(2)15-3-7-17-8-4-15/h3-4,7-8,13-14,16,18,20H,5-6,9-12H2,1-2H3. The molecule has 1 saturated heterocycles. The molecule has 4 heteroatoms. The first-order chi connectivity index (χ1) is 9.65. The second-order valence-corrected chi connectivity index (χ2v) is 6.05. The number of piperidine rings is 1. The number of β-amino-alcohol motifs (C(OH)–C–C–N with tert-alkyl or cyclic N) is 1. The molecule has 0 spiro atoms. The zero-order valence-corrected chi connectivity index (χ0v) is 12.6. The number of nitrogens with zero attached hydrogens (tertiary/aromatic N) is 2. The summed E-state index contributed by atoms with van der Waals surface area (Å²) in [5.41, 5.74) is 1.21. The lowest BCUT2D eigenvalue weighted by Crippen LogP contribution is -2.42. The molecule has 1 aliphatic rings. The molecule has 112 valence electrons. The first-order valence-electron chi connectivity index (χ1n) is 7.69. The maximum atomic E-state index is 10.1. The zero-order chi connectivity index (χ0) is 14.4. The lowest BCUT2D eigenvalue weighted by Gasteiger charge is -2.32. The molecule has 1 aromatic rings. The summed E-state index contributed by atoms with van der Waals surface area (Å²) in [6.07, 6.45) is 5.83. The Kier molecular flexibility index (Phi) is 5.95. The lowest BCUT2D eigenvalue weighted by molar-refractivity contribution is 0.0892. The Morgan fingerprint density at radius 3 is 2.65 bits per heavy atom. The van der Waals surface area contributed by atoms with Crippen LogP contribution in [0.4, 0.5) is 0 Å². The molecule has 2 rings (SSSR count). The Labute approximate surface area is 122 Å². The second-order valence-electron chi connectivity index (χ2n) is 6.05. The van der Waals surface area contributed by atoms with Gasteiger partial charge in [0.1, 0.15) is 0 Å². The minimum absolute atomic E-state index is 0.244. The third-order valence-electron chi connectivity index (χ3n) is 4.21. The average Bonchev–Trinajstić information content (AvgIpc) is 2.48. The molecule has 0 aliphatic carbocycles. The van der Waals surface area contributed by atoms with Crippen LogP contribution < -0.4 is 5.32 Å². The van der Waals surface area contributed by atoms with Crippen molar-refractivity contribution in [1.82, 2.24) is 15.2 Å². The third-order valence-corrected chi connectivity index (χ3v) is 4.21. The predicted molar refractivity (Wildman–Crippen MR) is 81.5 cm³/mol. The summed E-state index contributed by atoms with van der Waals surface area (Å²) in [6.45, 7) is 8.09. The maximum Gasteiger partial charge on any atom is 0.0791 e. The fourth-order valence-corrected chi connectivity index (χ4v) is 2.69. The number of rotatable bonds is 6. The van der Waals surface area contributed by atoms with Crippen LogP contribution >= 0.6 is 0 Å². The summed E-state index contributed by atoms with van der Waals surface area (Å²) in [4.78, 5) is 6.40. The van der Waals surface area contributed by atoms with Gasteiger partial charge in [0.15, 0.2) is 0 Å². The fraction of sp³-hybridized carbons (Fsp3) is 0.688. The van der Waals surface area contributed by atoms with Crippen LogP contribution in [-0.2, 0) is 0 Å². The predicted octanol–water partition coefficient (Wildman–Crippen LogP) is 1.82. The summed E-state index contributed by atoms with van der Waals surface area (Å²) in [5, 5.41) is 13.5. The van der Waals surface area contributed by atoms with Gasteiger partial charge in [-0.2, -0.15) is 0 Å². The highest BCUT2D eigenvalue weighted by atomic mass is 16.3. The van der Waals surface area contributed by atoms with Crippen LogP contribution in [0.15, 0.2) is 24.5 Å². The van der Waals surface area contributed by atoms with E-state index in [1.54, 1.807) is 12.4 Å². The van der Waals surface area contributed by atoms with Gasteiger partial charge in [-0.15, -0.1) is 0 Å². The second kappa shape index (κ2) is 7.72. The zero-order valence-electron chi connectivity index (χ0n) is 12.6. The Bertz CT molecular complexity index is 377. The summed E-state index contributed by atoms with van der Waals surface area (Å²) >= 11 is 0. The minimum Gasteiger partial charge on any atom is -0.390 e.